The maximum atomic E-state index is 5.51. The zero-order valence-corrected chi connectivity index (χ0v) is 9.14. The molecule has 62 valence electrons. The Balaban J connectivity index is 3.64. The Morgan fingerprint density at radius 1 is 1.50 bits per heavy atom. The molecule has 0 aromatic heterocycles. The van der Waals surface area contributed by atoms with Gasteiger partial charge in [-0.25, -0.2) is 0 Å². The maximum absolute atomic E-state index is 5.51. The predicted octanol–water partition coefficient (Wildman–Crippen LogP) is 2.21. The van der Waals surface area contributed by atoms with Crippen molar-refractivity contribution in [2.45, 2.75) is 32.7 Å². The molecule has 0 aliphatic heterocycles. The molecule has 0 saturated carbocycles. The number of halogens is 1. The van der Waals surface area contributed by atoms with Gasteiger partial charge in [0, 0.05) is 11.5 Å². The van der Waals surface area contributed by atoms with E-state index in [1.165, 1.54) is 0 Å². The standard InChI is InChI=1S/C7H15IO2/c1-6(5-8)10-7(2,3)9-4/h6H,5H2,1-4H3. The number of alkyl halides is 1. The molecule has 0 spiro atoms. The molecule has 0 saturated heterocycles. The van der Waals surface area contributed by atoms with Crippen LogP contribution in [-0.2, 0) is 9.47 Å². The van der Waals surface area contributed by atoms with Gasteiger partial charge in [0.2, 0.25) is 0 Å². The molecule has 10 heavy (non-hydrogen) atoms. The van der Waals surface area contributed by atoms with Gasteiger partial charge >= 0.3 is 0 Å². The van der Waals surface area contributed by atoms with Crippen LogP contribution in [0.3, 0.4) is 0 Å². The lowest BCUT2D eigenvalue weighted by Gasteiger charge is -2.26. The van der Waals surface area contributed by atoms with E-state index >= 15 is 0 Å². The van der Waals surface area contributed by atoms with Crippen LogP contribution in [0.25, 0.3) is 0 Å². The van der Waals surface area contributed by atoms with E-state index in [0.717, 1.165) is 4.43 Å². The van der Waals surface area contributed by atoms with Crippen LogP contribution in [0.15, 0.2) is 0 Å². The second kappa shape index (κ2) is 4.51. The number of hydrogen-bond acceptors (Lipinski definition) is 2. The van der Waals surface area contributed by atoms with Crippen LogP contribution in [0.4, 0.5) is 0 Å². The quantitative estimate of drug-likeness (QED) is 0.437. The van der Waals surface area contributed by atoms with Gasteiger partial charge < -0.3 is 9.47 Å². The number of ether oxygens (including phenoxy) is 2. The molecule has 0 aromatic carbocycles. The lowest BCUT2D eigenvalue weighted by Crippen LogP contribution is -2.31. The summed E-state index contributed by atoms with van der Waals surface area (Å²) in [7, 11) is 1.65. The van der Waals surface area contributed by atoms with Gasteiger partial charge in [-0.1, -0.05) is 22.6 Å². The Labute approximate surface area is 76.4 Å². The van der Waals surface area contributed by atoms with Crippen LogP contribution in [0.1, 0.15) is 20.8 Å². The van der Waals surface area contributed by atoms with E-state index in [4.69, 9.17) is 9.47 Å². The van der Waals surface area contributed by atoms with Gasteiger partial charge in [-0.15, -0.1) is 0 Å². The minimum absolute atomic E-state index is 0.260. The molecule has 0 heterocycles. The predicted molar refractivity (Wildman–Crippen MR) is 50.5 cm³/mol. The van der Waals surface area contributed by atoms with Crippen LogP contribution < -0.4 is 0 Å². The van der Waals surface area contributed by atoms with Gasteiger partial charge in [-0.2, -0.15) is 0 Å². The highest BCUT2D eigenvalue weighted by Crippen LogP contribution is 2.13. The topological polar surface area (TPSA) is 18.5 Å². The molecule has 0 radical (unpaired) electrons. The summed E-state index contributed by atoms with van der Waals surface area (Å²) in [4.78, 5) is 0. The fraction of sp³-hybridized carbons (Fsp3) is 1.00. The lowest BCUT2D eigenvalue weighted by molar-refractivity contribution is -0.214. The number of rotatable bonds is 4. The van der Waals surface area contributed by atoms with Crippen LogP contribution >= 0.6 is 22.6 Å². The first-order valence-corrected chi connectivity index (χ1v) is 4.83. The van der Waals surface area contributed by atoms with Gasteiger partial charge in [0.25, 0.3) is 0 Å². The third kappa shape index (κ3) is 4.46. The van der Waals surface area contributed by atoms with Crippen LogP contribution in [-0.4, -0.2) is 23.4 Å². The largest absolute Gasteiger partial charge is 0.354 e. The SMILES string of the molecule is COC(C)(C)OC(C)CI. The van der Waals surface area contributed by atoms with Crippen molar-refractivity contribution in [3.8, 4) is 0 Å². The zero-order valence-electron chi connectivity index (χ0n) is 6.98. The smallest absolute Gasteiger partial charge is 0.162 e. The first-order valence-electron chi connectivity index (χ1n) is 3.31. The van der Waals surface area contributed by atoms with Gasteiger partial charge in [0.05, 0.1) is 6.10 Å². The summed E-state index contributed by atoms with van der Waals surface area (Å²) in [5.74, 6) is -0.440. The molecule has 1 atom stereocenters. The van der Waals surface area contributed by atoms with Crippen molar-refractivity contribution in [2.75, 3.05) is 11.5 Å². The molecule has 0 aromatic rings. The van der Waals surface area contributed by atoms with E-state index in [-0.39, 0.29) is 6.10 Å². The Morgan fingerprint density at radius 2 is 2.00 bits per heavy atom. The van der Waals surface area contributed by atoms with Crippen molar-refractivity contribution in [3.05, 3.63) is 0 Å². The summed E-state index contributed by atoms with van der Waals surface area (Å²) in [5.41, 5.74) is 0. The Bertz CT molecular complexity index is 93.6. The first-order chi connectivity index (χ1) is 4.52. The van der Waals surface area contributed by atoms with E-state index in [2.05, 4.69) is 22.6 Å². The third-order valence-corrected chi connectivity index (χ3v) is 2.43. The molecule has 1 unspecified atom stereocenters. The number of methoxy groups -OCH3 is 1. The summed E-state index contributed by atoms with van der Waals surface area (Å²) in [6.45, 7) is 5.86. The minimum atomic E-state index is -0.440. The van der Waals surface area contributed by atoms with Crippen LogP contribution in [0, 0.1) is 0 Å². The molecule has 0 N–H and O–H groups in total. The van der Waals surface area contributed by atoms with Crippen LogP contribution in [0.2, 0.25) is 0 Å². The maximum Gasteiger partial charge on any atom is 0.162 e. The fourth-order valence-corrected chi connectivity index (χ4v) is 0.744. The highest BCUT2D eigenvalue weighted by molar-refractivity contribution is 14.1. The first kappa shape index (κ1) is 10.7. The van der Waals surface area contributed by atoms with Crippen molar-refractivity contribution in [3.63, 3.8) is 0 Å². The molecule has 3 heteroatoms. The summed E-state index contributed by atoms with van der Waals surface area (Å²) in [5, 5.41) is 0. The molecule has 0 fully saturated rings. The average molecular weight is 258 g/mol. The average Bonchev–Trinajstić information content (AvgIpc) is 1.87. The van der Waals surface area contributed by atoms with Crippen molar-refractivity contribution in [1.82, 2.24) is 0 Å². The van der Waals surface area contributed by atoms with Gasteiger partial charge in [0.1, 0.15) is 0 Å². The Hall–Kier alpha value is 0.650. The van der Waals surface area contributed by atoms with Gasteiger partial charge in [-0.05, 0) is 20.8 Å². The molecule has 0 bridgehead atoms. The normalized spacial score (nSPS) is 15.3. The third-order valence-electron chi connectivity index (χ3n) is 1.19. The van der Waals surface area contributed by atoms with E-state index in [0.29, 0.717) is 0 Å². The molecule has 0 amide bonds. The zero-order chi connectivity index (χ0) is 8.20. The Kier molecular flexibility index (Phi) is 4.81. The lowest BCUT2D eigenvalue weighted by atomic mass is 10.3. The van der Waals surface area contributed by atoms with Crippen molar-refractivity contribution in [1.29, 1.82) is 0 Å². The van der Waals surface area contributed by atoms with Gasteiger partial charge in [-0.3, -0.25) is 0 Å². The summed E-state index contributed by atoms with van der Waals surface area (Å²) in [6, 6.07) is 0. The highest BCUT2D eigenvalue weighted by atomic mass is 127. The second-order valence-electron chi connectivity index (χ2n) is 2.69. The molecular formula is C7H15IO2. The van der Waals surface area contributed by atoms with E-state index in [1.54, 1.807) is 7.11 Å². The molecule has 0 aliphatic rings. The van der Waals surface area contributed by atoms with Crippen molar-refractivity contribution >= 4 is 22.6 Å². The minimum Gasteiger partial charge on any atom is -0.354 e. The number of hydrogen-bond donors (Lipinski definition) is 0. The molecule has 0 rings (SSSR count). The van der Waals surface area contributed by atoms with E-state index < -0.39 is 5.79 Å². The van der Waals surface area contributed by atoms with Crippen molar-refractivity contribution in [2.24, 2.45) is 0 Å². The second-order valence-corrected chi connectivity index (χ2v) is 3.57. The summed E-state index contributed by atoms with van der Waals surface area (Å²) in [6.07, 6.45) is 0.260. The highest BCUT2D eigenvalue weighted by Gasteiger charge is 2.19. The van der Waals surface area contributed by atoms with Crippen LogP contribution in [0.5, 0.6) is 0 Å². The molecule has 2 nitrogen and oxygen atoms in total. The fourth-order valence-electron chi connectivity index (χ4n) is 0.564. The van der Waals surface area contributed by atoms with Crippen molar-refractivity contribution < 1.29 is 9.47 Å². The molecule has 0 aliphatic carbocycles. The monoisotopic (exact) mass is 258 g/mol. The summed E-state index contributed by atoms with van der Waals surface area (Å²) < 4.78 is 11.6. The van der Waals surface area contributed by atoms with E-state index in [9.17, 15) is 0 Å². The van der Waals surface area contributed by atoms with E-state index in [1.807, 2.05) is 20.8 Å². The Morgan fingerprint density at radius 3 is 2.30 bits per heavy atom. The van der Waals surface area contributed by atoms with Gasteiger partial charge in [0.15, 0.2) is 5.79 Å². The molecular weight excluding hydrogens is 243 g/mol. The summed E-state index contributed by atoms with van der Waals surface area (Å²) >= 11 is 2.29.